The molecule has 0 atom stereocenters. The predicted molar refractivity (Wildman–Crippen MR) is 379 cm³/mol. The van der Waals surface area contributed by atoms with Crippen molar-refractivity contribution in [3.05, 3.63) is 322 Å². The van der Waals surface area contributed by atoms with E-state index in [2.05, 4.69) is 89.2 Å². The summed E-state index contributed by atoms with van der Waals surface area (Å²) in [6.45, 7) is 10.0. The molecule has 0 fully saturated rings. The molecule has 13 nitrogen and oxygen atoms in total. The zero-order valence-corrected chi connectivity index (χ0v) is 55.4. The maximum Gasteiger partial charge on any atom is 0.337 e. The van der Waals surface area contributed by atoms with E-state index in [9.17, 15) is 9.59 Å². The maximum absolute atomic E-state index is 12.8. The molecule has 0 aliphatic carbocycles. The molecule has 0 saturated carbocycles. The Bertz CT molecular complexity index is 4690. The summed E-state index contributed by atoms with van der Waals surface area (Å²) < 4.78 is 42.1. The molecule has 0 radical (unpaired) electrons. The number of para-hydroxylation sites is 5. The van der Waals surface area contributed by atoms with E-state index < -0.39 is 0 Å². The number of benzene rings is 11. The number of esters is 1. The molecule has 15 rings (SSSR count). The van der Waals surface area contributed by atoms with E-state index >= 15 is 0 Å². The SMILES string of the molecule is COC(=O)c1cc(C)c2c(c1)C=[N+](c1ccccc1)CO2.Cc1cc(C(=O)c2ccccc2)cc2c1OC[N+](c1ccccc1)=C2.Cc1cc(SOOc2ccccc2)cc2c1OC[N+](c1ccccc1)=C2.Cc1cc(Sc2ccccc2)cc2c1OC[N+](c1ccccc1)=C2. The van der Waals surface area contributed by atoms with Gasteiger partial charge in [-0.25, -0.2) is 4.79 Å². The average Bonchev–Trinajstić information content (AvgIpc) is 0.836. The smallest absolute Gasteiger partial charge is 0.337 e. The summed E-state index contributed by atoms with van der Waals surface area (Å²) in [5.41, 5.74) is 14.3. The van der Waals surface area contributed by atoms with Gasteiger partial charge in [-0.15, -0.1) is 4.33 Å². The molecule has 11 aromatic rings. The van der Waals surface area contributed by atoms with Crippen LogP contribution in [0.15, 0.2) is 276 Å². The van der Waals surface area contributed by atoms with Crippen LogP contribution in [-0.2, 0) is 9.07 Å². The van der Waals surface area contributed by atoms with Crippen LogP contribution in [0.3, 0.4) is 0 Å². The largest absolute Gasteiger partial charge is 0.465 e. The van der Waals surface area contributed by atoms with Crippen LogP contribution in [0.4, 0.5) is 22.7 Å². The molecule has 476 valence electrons. The van der Waals surface area contributed by atoms with Gasteiger partial charge in [0.25, 0.3) is 26.9 Å². The van der Waals surface area contributed by atoms with Crippen molar-refractivity contribution in [2.24, 2.45) is 0 Å². The Balaban J connectivity index is 0.000000123. The summed E-state index contributed by atoms with van der Waals surface area (Å²) >= 11 is 2.96. The van der Waals surface area contributed by atoms with Crippen LogP contribution in [0.25, 0.3) is 0 Å². The van der Waals surface area contributed by atoms with Crippen molar-refractivity contribution < 1.29 is 60.8 Å². The van der Waals surface area contributed by atoms with Crippen molar-refractivity contribution in [1.29, 1.82) is 0 Å². The highest BCUT2D eigenvalue weighted by Gasteiger charge is 2.27. The van der Waals surface area contributed by atoms with Gasteiger partial charge >= 0.3 is 5.97 Å². The van der Waals surface area contributed by atoms with E-state index in [0.29, 0.717) is 49.4 Å². The monoisotopic (exact) mass is 1310 g/mol. The minimum Gasteiger partial charge on any atom is -0.465 e. The lowest BCUT2D eigenvalue weighted by Crippen LogP contribution is -2.21. The third kappa shape index (κ3) is 16.3. The summed E-state index contributed by atoms with van der Waals surface area (Å²) in [6.07, 6.45) is 8.32. The zero-order valence-electron chi connectivity index (χ0n) is 53.7. The van der Waals surface area contributed by atoms with E-state index in [-0.39, 0.29) is 11.8 Å². The Kier molecular flexibility index (Phi) is 21.1. The lowest BCUT2D eigenvalue weighted by molar-refractivity contribution is -0.476. The molecular formula is C81H70N4O9S2+4. The second kappa shape index (κ2) is 31.2. The van der Waals surface area contributed by atoms with Crippen molar-refractivity contribution >= 4 is 83.2 Å². The van der Waals surface area contributed by atoms with Gasteiger partial charge in [-0.2, -0.15) is 18.3 Å². The van der Waals surface area contributed by atoms with Crippen LogP contribution in [0.2, 0.25) is 0 Å². The van der Waals surface area contributed by atoms with Crippen molar-refractivity contribution in [2.75, 3.05) is 34.0 Å². The first-order valence-electron chi connectivity index (χ1n) is 31.2. The number of aryl methyl sites for hydroxylation is 4. The quantitative estimate of drug-likeness (QED) is 0.0275. The number of nitrogens with zero attached hydrogens (tertiary/aromatic N) is 4. The number of hydrogen-bond acceptors (Lipinski definition) is 11. The highest BCUT2D eigenvalue weighted by atomic mass is 32.2. The van der Waals surface area contributed by atoms with E-state index in [1.54, 1.807) is 23.9 Å². The van der Waals surface area contributed by atoms with Gasteiger partial charge in [0.1, 0.15) is 23.0 Å². The molecule has 15 heteroatoms. The van der Waals surface area contributed by atoms with Crippen LogP contribution in [-0.4, -0.2) is 88.9 Å². The highest BCUT2D eigenvalue weighted by Crippen LogP contribution is 2.37. The van der Waals surface area contributed by atoms with Crippen LogP contribution >= 0.6 is 23.8 Å². The molecule has 0 bridgehead atoms. The average molecular weight is 1310 g/mol. The minimum absolute atomic E-state index is 0.0248. The molecule has 0 aromatic heterocycles. The third-order valence-electron chi connectivity index (χ3n) is 15.8. The standard InChI is InChI=1S/C22H18NO2.C21H18NO3S.C21H18NOS.C17H16NO3/c1-16-12-18(21(24)17-8-4-2-5-9-17)13-19-14-23(15-25-22(16)19)20-10-6-3-7-11-20;1-16-12-20(26-25-24-19-10-6-3-7-11-19)13-17-14-22(15-23-21(16)17)18-8-4-2-5-9-18;1-16-12-20(24-19-10-6-3-7-11-19)13-17-14-22(15-23-21(16)17)18-8-4-2-5-9-18;1-12-8-13(17(19)20-2)9-14-10-18(11-21-16(12)14)15-6-4-3-5-7-15/h2-14H,15H2,1H3;2-14H,15H2,1H3;2-14H,15H2,1H3;3-10H,11H2,1-2H3/q4*+1. The summed E-state index contributed by atoms with van der Waals surface area (Å²) in [5, 5.41) is 0. The Morgan fingerprint density at radius 3 is 1.10 bits per heavy atom. The normalized spacial score (nSPS) is 12.8. The first-order valence-corrected chi connectivity index (χ1v) is 32.8. The van der Waals surface area contributed by atoms with Crippen LogP contribution in [0.5, 0.6) is 28.7 Å². The minimum atomic E-state index is -0.342. The molecular weight excluding hydrogens is 1240 g/mol. The molecule has 4 aliphatic heterocycles. The number of hydrogen-bond donors (Lipinski definition) is 0. The van der Waals surface area contributed by atoms with Gasteiger partial charge in [-0.3, -0.25) is 4.79 Å². The fourth-order valence-electron chi connectivity index (χ4n) is 11.2. The molecule has 0 unspecified atom stereocenters. The summed E-state index contributed by atoms with van der Waals surface area (Å²) in [6, 6.07) is 85.6. The van der Waals surface area contributed by atoms with Gasteiger partial charge in [-0.1, -0.05) is 151 Å². The number of ketones is 1. The van der Waals surface area contributed by atoms with Gasteiger partial charge in [0.05, 0.1) is 47.0 Å². The Labute approximate surface area is 567 Å². The van der Waals surface area contributed by atoms with Gasteiger partial charge in [-0.05, 0) is 123 Å². The zero-order chi connectivity index (χ0) is 66.2. The third-order valence-corrected chi connectivity index (χ3v) is 17.3. The molecule has 4 aliphatic rings. The van der Waals surface area contributed by atoms with Crippen molar-refractivity contribution in [1.82, 2.24) is 0 Å². The van der Waals surface area contributed by atoms with Crippen LogP contribution in [0, 0.1) is 27.7 Å². The first kappa shape index (κ1) is 65.0. The number of ether oxygens (including phenoxy) is 5. The number of carbonyl (C=O) groups excluding carboxylic acids is 2. The van der Waals surface area contributed by atoms with Gasteiger partial charge in [0, 0.05) is 74.3 Å². The van der Waals surface area contributed by atoms with Gasteiger partial charge < -0.3 is 28.6 Å². The van der Waals surface area contributed by atoms with E-state index in [1.165, 1.54) is 34.5 Å². The summed E-state index contributed by atoms with van der Waals surface area (Å²) in [5.74, 6) is 3.90. The van der Waals surface area contributed by atoms with Crippen LogP contribution in [0.1, 0.15) is 70.8 Å². The Morgan fingerprint density at radius 2 is 0.688 bits per heavy atom. The Morgan fingerprint density at radius 1 is 0.354 bits per heavy atom. The number of rotatable bonds is 13. The molecule has 0 amide bonds. The molecule has 0 N–H and O–H groups in total. The predicted octanol–water partition coefficient (Wildman–Crippen LogP) is 17.6. The summed E-state index contributed by atoms with van der Waals surface area (Å²) in [7, 11) is 1.38. The topological polar surface area (TPSA) is 111 Å². The second-order valence-electron chi connectivity index (χ2n) is 22.7. The number of methoxy groups -OCH3 is 1. The van der Waals surface area contributed by atoms with E-state index in [0.717, 1.165) is 89.6 Å². The van der Waals surface area contributed by atoms with Crippen LogP contribution < -0.4 is 23.8 Å². The fraction of sp³-hybridized carbons (Fsp3) is 0.111. The molecule has 96 heavy (non-hydrogen) atoms. The summed E-state index contributed by atoms with van der Waals surface area (Å²) in [4.78, 5) is 33.2. The fourth-order valence-corrected chi connectivity index (χ4v) is 12.7. The molecule has 0 saturated heterocycles. The van der Waals surface area contributed by atoms with Gasteiger partial charge in [0.15, 0.2) is 36.4 Å². The molecule has 11 aromatic carbocycles. The van der Waals surface area contributed by atoms with Gasteiger partial charge in [0.2, 0.25) is 22.7 Å². The van der Waals surface area contributed by atoms with Crippen molar-refractivity contribution in [3.8, 4) is 28.7 Å². The Hall–Kier alpha value is -11.1. The number of fused-ring (bicyclic) bond motifs is 4. The van der Waals surface area contributed by atoms with E-state index in [1.807, 2.05) is 230 Å². The highest BCUT2D eigenvalue weighted by molar-refractivity contribution is 7.99. The maximum atomic E-state index is 12.8. The lowest BCUT2D eigenvalue weighted by Gasteiger charge is -2.17. The molecule has 4 heterocycles. The lowest BCUT2D eigenvalue weighted by atomic mass is 9.98. The molecule has 0 spiro atoms. The van der Waals surface area contributed by atoms with Crippen molar-refractivity contribution in [3.63, 3.8) is 0 Å². The second-order valence-corrected chi connectivity index (χ2v) is 24.6. The first-order chi connectivity index (χ1) is 47.0. The van der Waals surface area contributed by atoms with Crippen molar-refractivity contribution in [2.45, 2.75) is 42.4 Å². The number of carbonyl (C=O) groups is 2. The van der Waals surface area contributed by atoms with E-state index in [4.69, 9.17) is 32.9 Å².